The highest BCUT2D eigenvalue weighted by atomic mass is 19.4. The molecule has 9 heteroatoms. The molecule has 112 valence electrons. The third-order valence-electron chi connectivity index (χ3n) is 2.87. The lowest BCUT2D eigenvalue weighted by Gasteiger charge is -2.09. The molecular formula is C12H11F3N4O2. The van der Waals surface area contributed by atoms with Gasteiger partial charge in [0.05, 0.1) is 23.2 Å². The molecule has 0 unspecified atom stereocenters. The van der Waals surface area contributed by atoms with Crippen LogP contribution in [0.1, 0.15) is 11.1 Å². The van der Waals surface area contributed by atoms with Crippen LogP contribution in [0.3, 0.4) is 0 Å². The van der Waals surface area contributed by atoms with E-state index in [0.29, 0.717) is 5.56 Å². The Balaban J connectivity index is 2.34. The van der Waals surface area contributed by atoms with Crippen LogP contribution >= 0.6 is 0 Å². The van der Waals surface area contributed by atoms with Crippen LogP contribution < -0.4 is 5.32 Å². The molecule has 0 radical (unpaired) electrons. The number of hydrogen-bond donors (Lipinski definition) is 1. The van der Waals surface area contributed by atoms with E-state index in [9.17, 15) is 23.3 Å². The Hall–Kier alpha value is -2.58. The van der Waals surface area contributed by atoms with Crippen molar-refractivity contribution < 1.29 is 18.1 Å². The van der Waals surface area contributed by atoms with E-state index in [-0.39, 0.29) is 17.9 Å². The van der Waals surface area contributed by atoms with Crippen molar-refractivity contribution in [2.75, 3.05) is 12.4 Å². The first-order valence-electron chi connectivity index (χ1n) is 5.86. The number of para-hydroxylation sites is 1. The molecule has 1 aromatic heterocycles. The number of benzene rings is 1. The van der Waals surface area contributed by atoms with Gasteiger partial charge in [-0.3, -0.25) is 14.8 Å². The minimum atomic E-state index is -4.47. The lowest BCUT2D eigenvalue weighted by molar-refractivity contribution is -0.384. The van der Waals surface area contributed by atoms with Crippen LogP contribution in [0.2, 0.25) is 0 Å². The highest BCUT2D eigenvalue weighted by Crippen LogP contribution is 2.30. The summed E-state index contributed by atoms with van der Waals surface area (Å²) in [5, 5.41) is 17.2. The van der Waals surface area contributed by atoms with E-state index < -0.39 is 16.7 Å². The standard InChI is InChI=1S/C12H11F3N4O2/c1-16-11-8(3-2-4-10(11)19(20)21)6-18-7-9(5-17-18)12(13,14)15/h2-5,7,16H,6H2,1H3. The smallest absolute Gasteiger partial charge is 0.382 e. The van der Waals surface area contributed by atoms with Crippen molar-refractivity contribution in [1.29, 1.82) is 0 Å². The molecule has 0 saturated heterocycles. The first kappa shape index (κ1) is 14.8. The zero-order valence-corrected chi connectivity index (χ0v) is 10.9. The van der Waals surface area contributed by atoms with Crippen LogP contribution in [0.15, 0.2) is 30.6 Å². The molecule has 0 bridgehead atoms. The zero-order chi connectivity index (χ0) is 15.6. The Bertz CT molecular complexity index is 667. The number of anilines is 1. The Morgan fingerprint density at radius 1 is 1.43 bits per heavy atom. The summed E-state index contributed by atoms with van der Waals surface area (Å²) in [6.45, 7) is -0.00602. The summed E-state index contributed by atoms with van der Waals surface area (Å²) >= 11 is 0. The predicted octanol–water partition coefficient (Wildman–Crippen LogP) is 2.90. The molecule has 0 atom stereocenters. The van der Waals surface area contributed by atoms with Crippen molar-refractivity contribution in [2.24, 2.45) is 0 Å². The third-order valence-corrected chi connectivity index (χ3v) is 2.87. The van der Waals surface area contributed by atoms with Crippen LogP contribution in [0, 0.1) is 10.1 Å². The molecule has 0 fully saturated rings. The van der Waals surface area contributed by atoms with E-state index in [1.165, 1.54) is 19.2 Å². The summed E-state index contributed by atoms with van der Waals surface area (Å²) in [6.07, 6.45) is -2.89. The van der Waals surface area contributed by atoms with Crippen molar-refractivity contribution >= 4 is 11.4 Å². The maximum absolute atomic E-state index is 12.5. The van der Waals surface area contributed by atoms with Crippen LogP contribution in [0.4, 0.5) is 24.5 Å². The maximum Gasteiger partial charge on any atom is 0.419 e. The molecular weight excluding hydrogens is 289 g/mol. The van der Waals surface area contributed by atoms with Gasteiger partial charge in [-0.25, -0.2) is 0 Å². The normalized spacial score (nSPS) is 11.4. The van der Waals surface area contributed by atoms with Gasteiger partial charge >= 0.3 is 6.18 Å². The topological polar surface area (TPSA) is 73.0 Å². The van der Waals surface area contributed by atoms with Gasteiger partial charge in [0.15, 0.2) is 0 Å². The number of nitro groups is 1. The summed E-state index contributed by atoms with van der Waals surface area (Å²) < 4.78 is 38.6. The van der Waals surface area contributed by atoms with Crippen molar-refractivity contribution in [1.82, 2.24) is 9.78 Å². The summed E-state index contributed by atoms with van der Waals surface area (Å²) in [7, 11) is 1.51. The molecule has 0 amide bonds. The number of nitrogens with zero attached hydrogens (tertiary/aromatic N) is 3. The van der Waals surface area contributed by atoms with Crippen LogP contribution in [0.25, 0.3) is 0 Å². The first-order chi connectivity index (χ1) is 9.82. The predicted molar refractivity (Wildman–Crippen MR) is 69.0 cm³/mol. The number of alkyl halides is 3. The number of aromatic nitrogens is 2. The van der Waals surface area contributed by atoms with Gasteiger partial charge in [-0.1, -0.05) is 12.1 Å². The van der Waals surface area contributed by atoms with Crippen LogP contribution in [-0.4, -0.2) is 21.8 Å². The monoisotopic (exact) mass is 300 g/mol. The average molecular weight is 300 g/mol. The summed E-state index contributed by atoms with van der Waals surface area (Å²) in [5.74, 6) is 0. The number of hydrogen-bond acceptors (Lipinski definition) is 4. The Morgan fingerprint density at radius 2 is 2.14 bits per heavy atom. The first-order valence-corrected chi connectivity index (χ1v) is 5.86. The third kappa shape index (κ3) is 3.12. The Labute approximate surface area is 117 Å². The van der Waals surface area contributed by atoms with Gasteiger partial charge in [0, 0.05) is 24.9 Å². The maximum atomic E-state index is 12.5. The molecule has 0 spiro atoms. The van der Waals surface area contributed by atoms with Gasteiger partial charge in [0.25, 0.3) is 5.69 Å². The van der Waals surface area contributed by atoms with Crippen molar-refractivity contribution in [3.8, 4) is 0 Å². The number of nitro benzene ring substituents is 1. The summed E-state index contributed by atoms with van der Waals surface area (Å²) in [5.41, 5.74) is -0.271. The van der Waals surface area contributed by atoms with Crippen molar-refractivity contribution in [3.63, 3.8) is 0 Å². The van der Waals surface area contributed by atoms with Gasteiger partial charge in [-0.05, 0) is 0 Å². The SMILES string of the molecule is CNc1c(Cn2cc(C(F)(F)F)cn2)cccc1[N+](=O)[O-]. The lowest BCUT2D eigenvalue weighted by Crippen LogP contribution is -2.07. The fourth-order valence-corrected chi connectivity index (χ4v) is 1.93. The van der Waals surface area contributed by atoms with Crippen molar-refractivity contribution in [3.05, 3.63) is 51.8 Å². The van der Waals surface area contributed by atoms with E-state index in [1.54, 1.807) is 6.07 Å². The molecule has 6 nitrogen and oxygen atoms in total. The highest BCUT2D eigenvalue weighted by Gasteiger charge is 2.32. The van der Waals surface area contributed by atoms with Gasteiger partial charge < -0.3 is 5.32 Å². The van der Waals surface area contributed by atoms with Gasteiger partial charge in [0.1, 0.15) is 5.69 Å². The van der Waals surface area contributed by atoms with Gasteiger partial charge in [0.2, 0.25) is 0 Å². The van der Waals surface area contributed by atoms with E-state index in [2.05, 4.69) is 10.4 Å². The molecule has 21 heavy (non-hydrogen) atoms. The fraction of sp³-hybridized carbons (Fsp3) is 0.250. The van der Waals surface area contributed by atoms with E-state index >= 15 is 0 Å². The molecule has 0 aliphatic carbocycles. The van der Waals surface area contributed by atoms with Gasteiger partial charge in [-0.15, -0.1) is 0 Å². The molecule has 1 N–H and O–H groups in total. The molecule has 0 aliphatic rings. The van der Waals surface area contributed by atoms with Crippen molar-refractivity contribution in [2.45, 2.75) is 12.7 Å². The quantitative estimate of drug-likeness (QED) is 0.696. The van der Waals surface area contributed by atoms with Gasteiger partial charge in [-0.2, -0.15) is 18.3 Å². The number of nitrogens with one attached hydrogen (secondary N) is 1. The molecule has 2 rings (SSSR count). The number of halogens is 3. The largest absolute Gasteiger partial charge is 0.419 e. The fourth-order valence-electron chi connectivity index (χ4n) is 1.93. The highest BCUT2D eigenvalue weighted by molar-refractivity contribution is 5.66. The molecule has 2 aromatic rings. The second-order valence-electron chi connectivity index (χ2n) is 4.24. The zero-order valence-electron chi connectivity index (χ0n) is 10.9. The minimum absolute atomic E-state index is 0.00602. The van der Waals surface area contributed by atoms with E-state index in [4.69, 9.17) is 0 Å². The number of rotatable bonds is 4. The molecule has 1 heterocycles. The molecule has 1 aromatic carbocycles. The molecule has 0 saturated carbocycles. The minimum Gasteiger partial charge on any atom is -0.382 e. The summed E-state index contributed by atoms with van der Waals surface area (Å²) in [6, 6.07) is 4.38. The molecule has 0 aliphatic heterocycles. The summed E-state index contributed by atoms with van der Waals surface area (Å²) in [4.78, 5) is 10.4. The van der Waals surface area contributed by atoms with Crippen LogP contribution in [-0.2, 0) is 12.7 Å². The average Bonchev–Trinajstić information content (AvgIpc) is 2.87. The Morgan fingerprint density at radius 3 is 2.67 bits per heavy atom. The second kappa shape index (κ2) is 5.43. The lowest BCUT2D eigenvalue weighted by atomic mass is 10.1. The Kier molecular flexibility index (Phi) is 3.83. The second-order valence-corrected chi connectivity index (χ2v) is 4.24. The van der Waals surface area contributed by atoms with E-state index in [1.807, 2.05) is 0 Å². The van der Waals surface area contributed by atoms with Crippen LogP contribution in [0.5, 0.6) is 0 Å². The van der Waals surface area contributed by atoms with E-state index in [0.717, 1.165) is 17.1 Å².